The molecule has 1 fully saturated rings. The SMILES string of the molecule is CCn1nc(C(N)=O)cc1C(=O)N1CCOCC1. The first kappa shape index (κ1) is 12.6. The minimum atomic E-state index is -0.627. The fourth-order valence-corrected chi connectivity index (χ4v) is 1.88. The predicted molar refractivity (Wildman–Crippen MR) is 63.1 cm³/mol. The minimum Gasteiger partial charge on any atom is -0.378 e. The van der Waals surface area contributed by atoms with Gasteiger partial charge in [0.25, 0.3) is 11.8 Å². The number of hydrogen-bond acceptors (Lipinski definition) is 4. The van der Waals surface area contributed by atoms with Gasteiger partial charge in [-0.25, -0.2) is 0 Å². The Morgan fingerprint density at radius 3 is 2.67 bits per heavy atom. The molecule has 98 valence electrons. The number of morpholine rings is 1. The lowest BCUT2D eigenvalue weighted by molar-refractivity contribution is 0.0295. The quantitative estimate of drug-likeness (QED) is 0.783. The Labute approximate surface area is 104 Å². The first-order valence-corrected chi connectivity index (χ1v) is 5.88. The van der Waals surface area contributed by atoms with Gasteiger partial charge in [-0.15, -0.1) is 0 Å². The summed E-state index contributed by atoms with van der Waals surface area (Å²) < 4.78 is 6.69. The van der Waals surface area contributed by atoms with Crippen molar-refractivity contribution < 1.29 is 14.3 Å². The highest BCUT2D eigenvalue weighted by Crippen LogP contribution is 2.10. The molecule has 2 heterocycles. The molecule has 7 nitrogen and oxygen atoms in total. The summed E-state index contributed by atoms with van der Waals surface area (Å²) in [5.41, 5.74) is 5.69. The van der Waals surface area contributed by atoms with Crippen LogP contribution in [0.1, 0.15) is 27.9 Å². The normalized spacial score (nSPS) is 15.7. The Bertz CT molecular complexity index is 463. The summed E-state index contributed by atoms with van der Waals surface area (Å²) in [6, 6.07) is 1.45. The van der Waals surface area contributed by atoms with E-state index >= 15 is 0 Å². The standard InChI is InChI=1S/C11H16N4O3/c1-2-15-9(7-8(13-15)10(12)16)11(17)14-3-5-18-6-4-14/h7H,2-6H2,1H3,(H2,12,16). The number of nitrogens with zero attached hydrogens (tertiary/aromatic N) is 3. The largest absolute Gasteiger partial charge is 0.378 e. The second-order valence-corrected chi connectivity index (χ2v) is 4.00. The number of rotatable bonds is 3. The van der Waals surface area contributed by atoms with Crippen LogP contribution in [0.3, 0.4) is 0 Å². The van der Waals surface area contributed by atoms with Gasteiger partial charge in [0.15, 0.2) is 5.69 Å². The maximum atomic E-state index is 12.3. The van der Waals surface area contributed by atoms with Crippen LogP contribution in [0, 0.1) is 0 Å². The fraction of sp³-hybridized carbons (Fsp3) is 0.545. The lowest BCUT2D eigenvalue weighted by Crippen LogP contribution is -2.41. The fourth-order valence-electron chi connectivity index (χ4n) is 1.88. The van der Waals surface area contributed by atoms with Gasteiger partial charge in [-0.1, -0.05) is 0 Å². The van der Waals surface area contributed by atoms with Crippen molar-refractivity contribution >= 4 is 11.8 Å². The number of primary amides is 1. The second-order valence-electron chi connectivity index (χ2n) is 4.00. The number of aromatic nitrogens is 2. The van der Waals surface area contributed by atoms with Crippen LogP contribution in [0.5, 0.6) is 0 Å². The molecular weight excluding hydrogens is 236 g/mol. The molecule has 1 aromatic rings. The highest BCUT2D eigenvalue weighted by Gasteiger charge is 2.23. The van der Waals surface area contributed by atoms with E-state index in [2.05, 4.69) is 5.10 Å². The van der Waals surface area contributed by atoms with Crippen LogP contribution in [-0.2, 0) is 11.3 Å². The first-order chi connectivity index (χ1) is 8.63. The number of aryl methyl sites for hydroxylation is 1. The molecule has 0 spiro atoms. The molecule has 1 aliphatic rings. The van der Waals surface area contributed by atoms with Gasteiger partial charge in [0.1, 0.15) is 5.69 Å². The molecule has 1 aliphatic heterocycles. The van der Waals surface area contributed by atoms with Crippen molar-refractivity contribution in [2.24, 2.45) is 5.73 Å². The summed E-state index contributed by atoms with van der Waals surface area (Å²) >= 11 is 0. The highest BCUT2D eigenvalue weighted by atomic mass is 16.5. The minimum absolute atomic E-state index is 0.119. The predicted octanol–water partition coefficient (Wildman–Crippen LogP) is -0.526. The monoisotopic (exact) mass is 252 g/mol. The third-order valence-electron chi connectivity index (χ3n) is 2.85. The number of ether oxygens (including phenoxy) is 1. The molecule has 18 heavy (non-hydrogen) atoms. The maximum Gasteiger partial charge on any atom is 0.272 e. The molecule has 1 aromatic heterocycles. The summed E-state index contributed by atoms with van der Waals surface area (Å²) in [6.07, 6.45) is 0. The zero-order valence-electron chi connectivity index (χ0n) is 10.3. The van der Waals surface area contributed by atoms with E-state index in [0.717, 1.165) is 0 Å². The average Bonchev–Trinajstić information content (AvgIpc) is 2.83. The van der Waals surface area contributed by atoms with Crippen LogP contribution >= 0.6 is 0 Å². The van der Waals surface area contributed by atoms with Crippen molar-refractivity contribution in [2.45, 2.75) is 13.5 Å². The molecule has 0 unspecified atom stereocenters. The van der Waals surface area contributed by atoms with Gasteiger partial charge in [-0.2, -0.15) is 5.10 Å². The summed E-state index contributed by atoms with van der Waals surface area (Å²) in [7, 11) is 0. The van der Waals surface area contributed by atoms with Crippen molar-refractivity contribution in [1.29, 1.82) is 0 Å². The van der Waals surface area contributed by atoms with Crippen molar-refractivity contribution in [3.8, 4) is 0 Å². The Hall–Kier alpha value is -1.89. The number of amides is 2. The Balaban J connectivity index is 2.25. The van der Waals surface area contributed by atoms with Crippen LogP contribution in [-0.4, -0.2) is 52.8 Å². The molecule has 0 aromatic carbocycles. The van der Waals surface area contributed by atoms with Gasteiger partial charge in [0.2, 0.25) is 0 Å². The van der Waals surface area contributed by atoms with E-state index in [4.69, 9.17) is 10.5 Å². The molecule has 0 saturated carbocycles. The van der Waals surface area contributed by atoms with Crippen molar-refractivity contribution in [2.75, 3.05) is 26.3 Å². The molecule has 0 bridgehead atoms. The van der Waals surface area contributed by atoms with Crippen LogP contribution in [0.2, 0.25) is 0 Å². The topological polar surface area (TPSA) is 90.5 Å². The van der Waals surface area contributed by atoms with Gasteiger partial charge >= 0.3 is 0 Å². The molecule has 0 aliphatic carbocycles. The Kier molecular flexibility index (Phi) is 3.61. The van der Waals surface area contributed by atoms with Crippen molar-refractivity contribution in [1.82, 2.24) is 14.7 Å². The molecule has 2 N–H and O–H groups in total. The van der Waals surface area contributed by atoms with Crippen LogP contribution in [0.15, 0.2) is 6.07 Å². The van der Waals surface area contributed by atoms with Gasteiger partial charge < -0.3 is 15.4 Å². The zero-order chi connectivity index (χ0) is 13.1. The lowest BCUT2D eigenvalue weighted by atomic mass is 10.3. The first-order valence-electron chi connectivity index (χ1n) is 5.88. The molecule has 7 heteroatoms. The maximum absolute atomic E-state index is 12.3. The average molecular weight is 252 g/mol. The summed E-state index contributed by atoms with van der Waals surface area (Å²) in [5.74, 6) is -0.765. The van der Waals surface area contributed by atoms with Crippen molar-refractivity contribution in [3.05, 3.63) is 17.5 Å². The molecule has 2 rings (SSSR count). The summed E-state index contributed by atoms with van der Waals surface area (Å²) in [4.78, 5) is 25.0. The molecular formula is C11H16N4O3. The van der Waals surface area contributed by atoms with Crippen LogP contribution < -0.4 is 5.73 Å². The van der Waals surface area contributed by atoms with E-state index in [1.165, 1.54) is 10.7 Å². The summed E-state index contributed by atoms with van der Waals surface area (Å²) in [6.45, 7) is 4.55. The molecule has 0 atom stereocenters. The smallest absolute Gasteiger partial charge is 0.272 e. The van der Waals surface area contributed by atoms with E-state index in [1.807, 2.05) is 6.92 Å². The summed E-state index contributed by atoms with van der Waals surface area (Å²) in [5, 5.41) is 4.01. The third-order valence-corrected chi connectivity index (χ3v) is 2.85. The van der Waals surface area contributed by atoms with Gasteiger partial charge in [-0.05, 0) is 6.92 Å². The van der Waals surface area contributed by atoms with Gasteiger partial charge in [0.05, 0.1) is 13.2 Å². The number of carbonyl (C=O) groups is 2. The number of hydrogen-bond donors (Lipinski definition) is 1. The Morgan fingerprint density at radius 2 is 2.11 bits per heavy atom. The number of carbonyl (C=O) groups excluding carboxylic acids is 2. The van der Waals surface area contributed by atoms with E-state index in [0.29, 0.717) is 38.5 Å². The second kappa shape index (κ2) is 5.18. The molecule has 1 saturated heterocycles. The molecule has 0 radical (unpaired) electrons. The van der Waals surface area contributed by atoms with E-state index < -0.39 is 5.91 Å². The lowest BCUT2D eigenvalue weighted by Gasteiger charge is -2.26. The van der Waals surface area contributed by atoms with Gasteiger partial charge in [0, 0.05) is 25.7 Å². The van der Waals surface area contributed by atoms with E-state index in [9.17, 15) is 9.59 Å². The van der Waals surface area contributed by atoms with Crippen LogP contribution in [0.25, 0.3) is 0 Å². The van der Waals surface area contributed by atoms with Crippen molar-refractivity contribution in [3.63, 3.8) is 0 Å². The van der Waals surface area contributed by atoms with Crippen LogP contribution in [0.4, 0.5) is 0 Å². The van der Waals surface area contributed by atoms with E-state index in [-0.39, 0.29) is 11.6 Å². The van der Waals surface area contributed by atoms with E-state index in [1.54, 1.807) is 4.90 Å². The Morgan fingerprint density at radius 1 is 1.44 bits per heavy atom. The zero-order valence-corrected chi connectivity index (χ0v) is 10.3. The number of nitrogens with two attached hydrogens (primary N) is 1. The van der Waals surface area contributed by atoms with Gasteiger partial charge in [-0.3, -0.25) is 14.3 Å². The third kappa shape index (κ3) is 2.35. The highest BCUT2D eigenvalue weighted by molar-refractivity contribution is 5.97. The molecule has 2 amide bonds.